The van der Waals surface area contributed by atoms with Gasteiger partial charge in [0.05, 0.1) is 12.8 Å². The summed E-state index contributed by atoms with van der Waals surface area (Å²) >= 11 is 3.91. The van der Waals surface area contributed by atoms with Crippen LogP contribution in [0.15, 0.2) is 18.3 Å². The Bertz CT molecular complexity index is 433. The molecule has 1 aliphatic carbocycles. The zero-order valence-corrected chi connectivity index (χ0v) is 13.9. The number of methoxy groups -OCH3 is 1. The lowest BCUT2D eigenvalue weighted by molar-refractivity contribution is 0.206. The maximum atomic E-state index is 5.50. The predicted molar refractivity (Wildman–Crippen MR) is 83.0 cm³/mol. The quantitative estimate of drug-likeness (QED) is 0.759. The number of nitrogens with zero attached hydrogens (tertiary/aromatic N) is 1. The van der Waals surface area contributed by atoms with Crippen molar-refractivity contribution in [3.8, 4) is 5.75 Å². The Morgan fingerprint density at radius 1 is 1.37 bits per heavy atom. The van der Waals surface area contributed by atoms with Crippen LogP contribution in [-0.2, 0) is 5.41 Å². The fraction of sp³-hybridized carbons (Fsp3) is 0.688. The van der Waals surface area contributed by atoms with Gasteiger partial charge < -0.3 is 4.74 Å². The van der Waals surface area contributed by atoms with Gasteiger partial charge in [0, 0.05) is 16.4 Å². The van der Waals surface area contributed by atoms with E-state index in [0.29, 0.717) is 10.7 Å². The molecule has 0 radical (unpaired) electrons. The van der Waals surface area contributed by atoms with Crippen LogP contribution in [-0.4, -0.2) is 16.9 Å². The third-order valence-corrected chi connectivity index (χ3v) is 5.57. The van der Waals surface area contributed by atoms with Crippen LogP contribution in [0.1, 0.15) is 45.7 Å². The van der Waals surface area contributed by atoms with Crippen molar-refractivity contribution in [2.45, 2.75) is 50.3 Å². The second-order valence-electron chi connectivity index (χ2n) is 6.32. The Labute approximate surface area is 125 Å². The minimum Gasteiger partial charge on any atom is -0.495 e. The average Bonchev–Trinajstić information content (AvgIpc) is 2.38. The molecule has 1 fully saturated rings. The van der Waals surface area contributed by atoms with E-state index in [2.05, 4.69) is 41.7 Å². The van der Waals surface area contributed by atoms with Crippen LogP contribution in [0.4, 0.5) is 0 Å². The average molecular weight is 326 g/mol. The molecule has 3 atom stereocenters. The van der Waals surface area contributed by atoms with Crippen LogP contribution in [0.25, 0.3) is 0 Å². The molecule has 0 saturated heterocycles. The summed E-state index contributed by atoms with van der Waals surface area (Å²) in [6.45, 7) is 6.94. The summed E-state index contributed by atoms with van der Waals surface area (Å²) in [5.41, 5.74) is 1.11. The van der Waals surface area contributed by atoms with Gasteiger partial charge in [0.1, 0.15) is 5.75 Å². The molecule has 0 N–H and O–H groups in total. The van der Waals surface area contributed by atoms with Gasteiger partial charge in [0.25, 0.3) is 0 Å². The fourth-order valence-electron chi connectivity index (χ4n) is 3.34. The number of alkyl halides is 1. The predicted octanol–water partition coefficient (Wildman–Crippen LogP) is 4.57. The highest BCUT2D eigenvalue weighted by Crippen LogP contribution is 2.46. The SMILES string of the molecule is COc1cccnc1C(C)(C)C1CCC(C)CC1Br. The van der Waals surface area contributed by atoms with E-state index < -0.39 is 0 Å². The molecule has 0 aliphatic heterocycles. The molecule has 1 heterocycles. The number of rotatable bonds is 3. The number of pyridine rings is 1. The van der Waals surface area contributed by atoms with E-state index in [-0.39, 0.29) is 5.41 Å². The summed E-state index contributed by atoms with van der Waals surface area (Å²) in [6, 6.07) is 3.95. The molecule has 19 heavy (non-hydrogen) atoms. The van der Waals surface area contributed by atoms with Crippen molar-refractivity contribution < 1.29 is 4.74 Å². The van der Waals surface area contributed by atoms with Crippen molar-refractivity contribution in [3.63, 3.8) is 0 Å². The van der Waals surface area contributed by atoms with Gasteiger partial charge in [-0.3, -0.25) is 4.98 Å². The lowest BCUT2D eigenvalue weighted by Crippen LogP contribution is -2.39. The number of ether oxygens (including phenoxy) is 1. The van der Waals surface area contributed by atoms with Crippen LogP contribution < -0.4 is 4.74 Å². The first-order chi connectivity index (χ1) is 8.96. The molecular weight excluding hydrogens is 302 g/mol. The van der Waals surface area contributed by atoms with Gasteiger partial charge >= 0.3 is 0 Å². The standard InChI is InChI=1S/C16H24BrNO/c1-11-7-8-12(13(17)10-11)16(2,3)15-14(19-4)6-5-9-18-15/h5-6,9,11-13H,7-8,10H2,1-4H3. The molecule has 1 aromatic rings. The zero-order chi connectivity index (χ0) is 14.0. The van der Waals surface area contributed by atoms with Crippen molar-refractivity contribution in [3.05, 3.63) is 24.0 Å². The summed E-state index contributed by atoms with van der Waals surface area (Å²) in [5.74, 6) is 2.33. The largest absolute Gasteiger partial charge is 0.495 e. The summed E-state index contributed by atoms with van der Waals surface area (Å²) in [7, 11) is 1.73. The van der Waals surface area contributed by atoms with Gasteiger partial charge in [-0.1, -0.05) is 43.1 Å². The highest BCUT2D eigenvalue weighted by Gasteiger charge is 2.41. The van der Waals surface area contributed by atoms with Crippen LogP contribution in [0.5, 0.6) is 5.75 Å². The third-order valence-electron chi connectivity index (χ3n) is 4.56. The first kappa shape index (κ1) is 14.8. The molecule has 2 rings (SSSR count). The molecule has 2 nitrogen and oxygen atoms in total. The minimum absolute atomic E-state index is 0.0287. The maximum absolute atomic E-state index is 5.50. The molecule has 3 heteroatoms. The summed E-state index contributed by atoms with van der Waals surface area (Å²) in [6.07, 6.45) is 5.69. The van der Waals surface area contributed by atoms with Crippen molar-refractivity contribution in [2.75, 3.05) is 7.11 Å². The Morgan fingerprint density at radius 3 is 2.74 bits per heavy atom. The first-order valence-electron chi connectivity index (χ1n) is 7.10. The second kappa shape index (κ2) is 5.82. The Kier molecular flexibility index (Phi) is 4.54. The highest BCUT2D eigenvalue weighted by atomic mass is 79.9. The first-order valence-corrected chi connectivity index (χ1v) is 8.02. The molecular formula is C16H24BrNO. The Balaban J connectivity index is 2.31. The van der Waals surface area contributed by atoms with Gasteiger partial charge in [0.15, 0.2) is 0 Å². The van der Waals surface area contributed by atoms with Gasteiger partial charge in [-0.05, 0) is 36.8 Å². The topological polar surface area (TPSA) is 22.1 Å². The molecule has 1 saturated carbocycles. The molecule has 3 unspecified atom stereocenters. The van der Waals surface area contributed by atoms with E-state index in [4.69, 9.17) is 4.74 Å². The molecule has 0 aromatic carbocycles. The number of aromatic nitrogens is 1. The van der Waals surface area contributed by atoms with Gasteiger partial charge in [-0.15, -0.1) is 0 Å². The third kappa shape index (κ3) is 2.96. The molecule has 1 aliphatic rings. The second-order valence-corrected chi connectivity index (χ2v) is 7.49. The van der Waals surface area contributed by atoms with Crippen molar-refractivity contribution in [2.24, 2.45) is 11.8 Å². The Morgan fingerprint density at radius 2 is 2.11 bits per heavy atom. The minimum atomic E-state index is 0.0287. The highest BCUT2D eigenvalue weighted by molar-refractivity contribution is 9.09. The molecule has 106 valence electrons. The van der Waals surface area contributed by atoms with Crippen molar-refractivity contribution in [1.29, 1.82) is 0 Å². The molecule has 0 bridgehead atoms. The normalized spacial score (nSPS) is 28.2. The molecule has 0 amide bonds. The van der Waals surface area contributed by atoms with Gasteiger partial charge in [-0.25, -0.2) is 0 Å². The smallest absolute Gasteiger partial charge is 0.140 e. The van der Waals surface area contributed by atoms with Crippen LogP contribution in [0, 0.1) is 11.8 Å². The van der Waals surface area contributed by atoms with E-state index in [1.165, 1.54) is 19.3 Å². The fourth-order valence-corrected chi connectivity index (χ4v) is 4.90. The maximum Gasteiger partial charge on any atom is 0.140 e. The lowest BCUT2D eigenvalue weighted by atomic mass is 9.67. The van der Waals surface area contributed by atoms with E-state index in [9.17, 15) is 0 Å². The van der Waals surface area contributed by atoms with E-state index in [0.717, 1.165) is 17.4 Å². The van der Waals surface area contributed by atoms with E-state index in [1.807, 2.05) is 18.3 Å². The Hall–Kier alpha value is -0.570. The number of hydrogen-bond acceptors (Lipinski definition) is 2. The van der Waals surface area contributed by atoms with Gasteiger partial charge in [-0.2, -0.15) is 0 Å². The van der Waals surface area contributed by atoms with E-state index in [1.54, 1.807) is 7.11 Å². The lowest BCUT2D eigenvalue weighted by Gasteiger charge is -2.42. The number of hydrogen-bond donors (Lipinski definition) is 0. The summed E-state index contributed by atoms with van der Waals surface area (Å²) in [4.78, 5) is 5.17. The van der Waals surface area contributed by atoms with Crippen LogP contribution in [0.2, 0.25) is 0 Å². The zero-order valence-electron chi connectivity index (χ0n) is 12.3. The van der Waals surface area contributed by atoms with Crippen LogP contribution in [0.3, 0.4) is 0 Å². The summed E-state index contributed by atoms with van der Waals surface area (Å²) < 4.78 is 5.50. The molecule has 1 aromatic heterocycles. The van der Waals surface area contributed by atoms with Crippen molar-refractivity contribution >= 4 is 15.9 Å². The number of halogens is 1. The monoisotopic (exact) mass is 325 g/mol. The van der Waals surface area contributed by atoms with E-state index >= 15 is 0 Å². The summed E-state index contributed by atoms with van der Waals surface area (Å²) in [5, 5.41) is 0. The van der Waals surface area contributed by atoms with Crippen molar-refractivity contribution in [1.82, 2.24) is 4.98 Å². The molecule has 0 spiro atoms. The van der Waals surface area contributed by atoms with Gasteiger partial charge in [0.2, 0.25) is 0 Å². The van der Waals surface area contributed by atoms with Crippen LogP contribution >= 0.6 is 15.9 Å².